The van der Waals surface area contributed by atoms with Gasteiger partial charge in [-0.05, 0) is 0 Å². The van der Waals surface area contributed by atoms with Crippen LogP contribution in [0.1, 0.15) is 0 Å². The molecule has 0 aliphatic heterocycles. The number of hydrogen-bond acceptors (Lipinski definition) is 0. The summed E-state index contributed by atoms with van der Waals surface area (Å²) in [4.78, 5) is 0. The second-order valence-electron chi connectivity index (χ2n) is 0.878. The summed E-state index contributed by atoms with van der Waals surface area (Å²) in [6.07, 6.45) is 0. The molecule has 0 radical (unpaired) electrons. The molecule has 0 N–H and O–H groups in total. The minimum Gasteiger partial charge on any atom is -0.0688 e. The fourth-order valence-electron chi connectivity index (χ4n) is 0. The lowest BCUT2D eigenvalue weighted by Gasteiger charge is -1.63. The zero-order valence-corrected chi connectivity index (χ0v) is 3.88. The van der Waals surface area contributed by atoms with E-state index in [4.69, 9.17) is 0 Å². The average Bonchev–Trinajstić information content (AvgIpc) is 0.811. The predicted molar refractivity (Wildman–Crippen MR) is 21.3 cm³/mol. The van der Waals surface area contributed by atoms with Gasteiger partial charge in [0.15, 0.2) is 8.23 Å². The zero-order chi connectivity index (χ0) is 3.58. The first-order chi connectivity index (χ1) is 1.73. The van der Waals surface area contributed by atoms with Crippen LogP contribution in [0.3, 0.4) is 0 Å². The van der Waals surface area contributed by atoms with Crippen molar-refractivity contribution >= 4 is 8.23 Å². The fourth-order valence-corrected chi connectivity index (χ4v) is 0. The van der Waals surface area contributed by atoms with E-state index in [0.717, 1.165) is 0 Å². The van der Waals surface area contributed by atoms with Gasteiger partial charge in [-0.15, -0.1) is 0 Å². The van der Waals surface area contributed by atoms with E-state index in [1.54, 1.807) is 13.3 Å². The number of halogens is 1. The van der Waals surface area contributed by atoms with E-state index < -0.39 is 8.23 Å². The van der Waals surface area contributed by atoms with Crippen LogP contribution in [-0.4, -0.2) is 13.3 Å². The summed E-state index contributed by atoms with van der Waals surface area (Å²) in [5, 5.41) is 0. The first-order valence-electron chi connectivity index (χ1n) is 1.19. The van der Waals surface area contributed by atoms with Gasteiger partial charge >= 0.3 is 0 Å². The number of rotatable bonds is 0. The summed E-state index contributed by atoms with van der Waals surface area (Å²) in [7, 11) is -1.38. The van der Waals surface area contributed by atoms with Crippen molar-refractivity contribution in [3.8, 4) is 0 Å². The van der Waals surface area contributed by atoms with Crippen molar-refractivity contribution in [2.75, 3.05) is 13.3 Å². The van der Waals surface area contributed by atoms with Gasteiger partial charge in [-0.3, -0.25) is 0 Å². The Morgan fingerprint density at radius 2 is 1.50 bits per heavy atom. The first kappa shape index (κ1) is 4.36. The molecule has 0 saturated carbocycles. The molecule has 2 heteroatoms. The van der Waals surface area contributed by atoms with Crippen molar-refractivity contribution < 1.29 is 4.20 Å². The van der Waals surface area contributed by atoms with Gasteiger partial charge in [0, 0.05) is 0 Å². The van der Waals surface area contributed by atoms with Crippen LogP contribution in [0.2, 0.25) is 0 Å². The molecule has 0 aromatic heterocycles. The van der Waals surface area contributed by atoms with Crippen LogP contribution >= 0.6 is 8.23 Å². The SMILES string of the molecule is C[PH+](C)F. The highest BCUT2D eigenvalue weighted by Gasteiger charge is 1.84. The van der Waals surface area contributed by atoms with E-state index in [2.05, 4.69) is 0 Å². The normalized spacial score (nSPS) is 9.00. The lowest BCUT2D eigenvalue weighted by molar-refractivity contribution is 0.906. The van der Waals surface area contributed by atoms with Gasteiger partial charge in [-0.1, -0.05) is 4.20 Å². The highest BCUT2D eigenvalue weighted by atomic mass is 31.2. The lowest BCUT2D eigenvalue weighted by Crippen LogP contribution is -1.38. The van der Waals surface area contributed by atoms with Crippen LogP contribution in [0.5, 0.6) is 0 Å². The molecule has 0 fully saturated rings. The van der Waals surface area contributed by atoms with E-state index in [0.29, 0.717) is 0 Å². The summed E-state index contributed by atoms with van der Waals surface area (Å²) in [5.41, 5.74) is 0. The van der Waals surface area contributed by atoms with Crippen LogP contribution in [0, 0.1) is 0 Å². The van der Waals surface area contributed by atoms with Crippen molar-refractivity contribution in [3.63, 3.8) is 0 Å². The fraction of sp³-hybridized carbons (Fsp3) is 1.00. The van der Waals surface area contributed by atoms with E-state index >= 15 is 0 Å². The third-order valence-electron chi connectivity index (χ3n) is 0. The maximum absolute atomic E-state index is 11.1. The standard InChI is InChI=1S/C2H6FP/c1-4(2)3/h1-2H3/p+1. The molecular formula is C2H7FP+. The minimum absolute atomic E-state index is 1.38. The smallest absolute Gasteiger partial charge is 0.0688 e. The third kappa shape index (κ3) is 33.7. The van der Waals surface area contributed by atoms with E-state index in [1.165, 1.54) is 0 Å². The molecule has 0 aliphatic carbocycles. The van der Waals surface area contributed by atoms with Crippen molar-refractivity contribution in [3.05, 3.63) is 0 Å². The minimum atomic E-state index is -1.38. The van der Waals surface area contributed by atoms with Gasteiger partial charge in [0.2, 0.25) is 0 Å². The van der Waals surface area contributed by atoms with E-state index in [-0.39, 0.29) is 0 Å². The van der Waals surface area contributed by atoms with Crippen molar-refractivity contribution in [2.45, 2.75) is 0 Å². The molecule has 0 bridgehead atoms. The van der Waals surface area contributed by atoms with Crippen LogP contribution in [0.4, 0.5) is 4.20 Å². The lowest BCUT2D eigenvalue weighted by atomic mass is 11.9. The van der Waals surface area contributed by atoms with Gasteiger partial charge in [-0.25, -0.2) is 0 Å². The molecule has 0 aromatic carbocycles. The molecule has 0 nitrogen and oxygen atoms in total. The number of hydrogen-bond donors (Lipinski definition) is 0. The van der Waals surface area contributed by atoms with Crippen molar-refractivity contribution in [1.82, 2.24) is 0 Å². The topological polar surface area (TPSA) is 0 Å². The van der Waals surface area contributed by atoms with Gasteiger partial charge < -0.3 is 0 Å². The Labute approximate surface area is 26.9 Å². The molecule has 0 rings (SSSR count). The largest absolute Gasteiger partial charge is 0.183 e. The summed E-state index contributed by atoms with van der Waals surface area (Å²) < 4.78 is 11.1. The second kappa shape index (κ2) is 1.66. The molecular weight excluding hydrogens is 74.0 g/mol. The summed E-state index contributed by atoms with van der Waals surface area (Å²) in [5.74, 6) is 0. The highest BCUT2D eigenvalue weighted by molar-refractivity contribution is 7.50. The maximum atomic E-state index is 11.1. The Morgan fingerprint density at radius 1 is 1.50 bits per heavy atom. The molecule has 0 saturated heterocycles. The molecule has 0 amide bonds. The molecule has 4 heavy (non-hydrogen) atoms. The Bertz CT molecular complexity index is 10.8. The summed E-state index contributed by atoms with van der Waals surface area (Å²) in [6.45, 7) is 3.20. The maximum Gasteiger partial charge on any atom is 0.183 e. The molecule has 26 valence electrons. The predicted octanol–water partition coefficient (Wildman–Crippen LogP) is 1.34. The third-order valence-corrected chi connectivity index (χ3v) is 0. The Kier molecular flexibility index (Phi) is 1.81. The average molecular weight is 81.1 g/mol. The van der Waals surface area contributed by atoms with Crippen LogP contribution in [0.25, 0.3) is 0 Å². The van der Waals surface area contributed by atoms with Crippen LogP contribution in [-0.2, 0) is 0 Å². The highest BCUT2D eigenvalue weighted by Crippen LogP contribution is 2.23. The van der Waals surface area contributed by atoms with Gasteiger partial charge in [-0.2, -0.15) is 0 Å². The Morgan fingerprint density at radius 3 is 1.50 bits per heavy atom. The van der Waals surface area contributed by atoms with Gasteiger partial charge in [0.25, 0.3) is 0 Å². The zero-order valence-electron chi connectivity index (χ0n) is 2.88. The first-order valence-corrected chi connectivity index (χ1v) is 3.57. The molecule has 0 atom stereocenters. The van der Waals surface area contributed by atoms with Gasteiger partial charge in [0.05, 0.1) is 13.3 Å². The monoisotopic (exact) mass is 81.0 g/mol. The summed E-state index contributed by atoms with van der Waals surface area (Å²) in [6, 6.07) is 0. The van der Waals surface area contributed by atoms with E-state index in [9.17, 15) is 4.20 Å². The van der Waals surface area contributed by atoms with Crippen molar-refractivity contribution in [1.29, 1.82) is 0 Å². The molecule has 0 spiro atoms. The Hall–Kier alpha value is 0.360. The summed E-state index contributed by atoms with van der Waals surface area (Å²) >= 11 is 0. The molecule has 0 aliphatic rings. The molecule has 0 aromatic rings. The van der Waals surface area contributed by atoms with Crippen LogP contribution < -0.4 is 0 Å². The Balaban J connectivity index is 2.32. The van der Waals surface area contributed by atoms with Gasteiger partial charge in [0.1, 0.15) is 0 Å². The van der Waals surface area contributed by atoms with E-state index in [1.807, 2.05) is 0 Å². The molecule has 0 heterocycles. The quantitative estimate of drug-likeness (QED) is 0.386. The second-order valence-corrected chi connectivity index (χ2v) is 2.63. The van der Waals surface area contributed by atoms with Crippen LogP contribution in [0.15, 0.2) is 0 Å². The molecule has 0 unspecified atom stereocenters. The van der Waals surface area contributed by atoms with Crippen molar-refractivity contribution in [2.24, 2.45) is 0 Å².